The molecular formula is C14H19N5O2. The van der Waals surface area contributed by atoms with Gasteiger partial charge in [0.05, 0.1) is 6.54 Å². The average Bonchev–Trinajstić information content (AvgIpc) is 2.89. The standard InChI is InChI=1S/C14H19N5O2/c1-11-6-4-5-7-12(11)10-13-15-17-19(16-13)8-9-21-14(20)18(2)3/h4-7H,8-10H2,1-3H3. The first-order valence-electron chi connectivity index (χ1n) is 6.71. The fraction of sp³-hybridized carbons (Fsp3) is 0.429. The minimum atomic E-state index is -0.379. The van der Waals surface area contributed by atoms with Crippen molar-refractivity contribution in [1.82, 2.24) is 25.1 Å². The van der Waals surface area contributed by atoms with Crippen LogP contribution in [0.15, 0.2) is 24.3 Å². The average molecular weight is 289 g/mol. The van der Waals surface area contributed by atoms with E-state index in [1.807, 2.05) is 12.1 Å². The van der Waals surface area contributed by atoms with Gasteiger partial charge in [0, 0.05) is 20.5 Å². The lowest BCUT2D eigenvalue weighted by molar-refractivity contribution is 0.112. The summed E-state index contributed by atoms with van der Waals surface area (Å²) in [5, 5.41) is 12.2. The molecule has 1 amide bonds. The van der Waals surface area contributed by atoms with Crippen LogP contribution in [0.1, 0.15) is 17.0 Å². The van der Waals surface area contributed by atoms with Gasteiger partial charge in [0.1, 0.15) is 6.61 Å². The molecule has 0 aliphatic carbocycles. The van der Waals surface area contributed by atoms with Gasteiger partial charge in [0.2, 0.25) is 0 Å². The lowest BCUT2D eigenvalue weighted by Crippen LogP contribution is -2.24. The van der Waals surface area contributed by atoms with Gasteiger partial charge < -0.3 is 9.64 Å². The number of ether oxygens (including phenoxy) is 1. The van der Waals surface area contributed by atoms with Crippen molar-refractivity contribution < 1.29 is 9.53 Å². The molecule has 0 aliphatic rings. The second-order valence-corrected chi connectivity index (χ2v) is 4.91. The number of carbonyl (C=O) groups is 1. The second-order valence-electron chi connectivity index (χ2n) is 4.91. The van der Waals surface area contributed by atoms with Crippen molar-refractivity contribution in [3.8, 4) is 0 Å². The Morgan fingerprint density at radius 3 is 2.81 bits per heavy atom. The van der Waals surface area contributed by atoms with Crippen molar-refractivity contribution in [2.45, 2.75) is 19.9 Å². The van der Waals surface area contributed by atoms with Gasteiger partial charge >= 0.3 is 6.09 Å². The Morgan fingerprint density at radius 1 is 1.33 bits per heavy atom. The van der Waals surface area contributed by atoms with Gasteiger partial charge in [0.15, 0.2) is 5.82 Å². The monoisotopic (exact) mass is 289 g/mol. The molecule has 1 aromatic heterocycles. The number of nitrogens with zero attached hydrogens (tertiary/aromatic N) is 5. The number of tetrazole rings is 1. The van der Waals surface area contributed by atoms with Crippen LogP contribution >= 0.6 is 0 Å². The van der Waals surface area contributed by atoms with Crippen molar-refractivity contribution in [3.63, 3.8) is 0 Å². The number of carbonyl (C=O) groups excluding carboxylic acids is 1. The molecule has 1 aromatic carbocycles. The summed E-state index contributed by atoms with van der Waals surface area (Å²) in [5.41, 5.74) is 2.38. The van der Waals surface area contributed by atoms with Crippen LogP contribution in [0.2, 0.25) is 0 Å². The first-order chi connectivity index (χ1) is 10.1. The summed E-state index contributed by atoms with van der Waals surface area (Å²) < 4.78 is 5.01. The molecule has 2 aromatic rings. The molecule has 2 rings (SSSR count). The number of benzene rings is 1. The molecule has 0 bridgehead atoms. The Labute approximate surface area is 123 Å². The molecule has 0 aliphatic heterocycles. The largest absolute Gasteiger partial charge is 0.447 e. The van der Waals surface area contributed by atoms with E-state index < -0.39 is 0 Å². The quantitative estimate of drug-likeness (QED) is 0.828. The highest BCUT2D eigenvalue weighted by atomic mass is 16.6. The van der Waals surface area contributed by atoms with Gasteiger partial charge in [-0.05, 0) is 23.3 Å². The Morgan fingerprint density at radius 2 is 2.10 bits per heavy atom. The molecule has 0 saturated heterocycles. The van der Waals surface area contributed by atoms with E-state index in [2.05, 4.69) is 34.5 Å². The highest BCUT2D eigenvalue weighted by Crippen LogP contribution is 2.10. The van der Waals surface area contributed by atoms with Crippen LogP contribution in [0.3, 0.4) is 0 Å². The maximum Gasteiger partial charge on any atom is 0.409 e. The van der Waals surface area contributed by atoms with E-state index in [4.69, 9.17) is 4.74 Å². The molecular weight excluding hydrogens is 270 g/mol. The van der Waals surface area contributed by atoms with Crippen LogP contribution < -0.4 is 0 Å². The molecule has 21 heavy (non-hydrogen) atoms. The normalized spacial score (nSPS) is 10.4. The second kappa shape index (κ2) is 6.83. The van der Waals surface area contributed by atoms with Crippen LogP contribution in [0.25, 0.3) is 0 Å². The third-order valence-electron chi connectivity index (χ3n) is 2.99. The minimum Gasteiger partial charge on any atom is -0.447 e. The van der Waals surface area contributed by atoms with Gasteiger partial charge in [-0.3, -0.25) is 0 Å². The Bertz CT molecular complexity index is 609. The lowest BCUT2D eigenvalue weighted by atomic mass is 10.1. The van der Waals surface area contributed by atoms with Gasteiger partial charge in [-0.25, -0.2) is 4.79 Å². The van der Waals surface area contributed by atoms with Gasteiger partial charge in [-0.1, -0.05) is 24.3 Å². The van der Waals surface area contributed by atoms with E-state index in [1.165, 1.54) is 20.8 Å². The van der Waals surface area contributed by atoms with Crippen molar-refractivity contribution >= 4 is 6.09 Å². The van der Waals surface area contributed by atoms with Crippen molar-refractivity contribution in [2.75, 3.05) is 20.7 Å². The van der Waals surface area contributed by atoms with E-state index >= 15 is 0 Å². The third kappa shape index (κ3) is 4.27. The fourth-order valence-corrected chi connectivity index (χ4v) is 1.76. The summed E-state index contributed by atoms with van der Waals surface area (Å²) in [6, 6.07) is 8.10. The number of rotatable bonds is 5. The molecule has 7 nitrogen and oxygen atoms in total. The summed E-state index contributed by atoms with van der Waals surface area (Å²) in [5.74, 6) is 0.656. The van der Waals surface area contributed by atoms with Crippen LogP contribution in [-0.2, 0) is 17.7 Å². The Balaban J connectivity index is 1.87. The Hall–Kier alpha value is -2.44. The number of aromatic nitrogens is 4. The molecule has 0 radical (unpaired) electrons. The van der Waals surface area contributed by atoms with Gasteiger partial charge in [-0.2, -0.15) is 4.80 Å². The maximum absolute atomic E-state index is 11.3. The van der Waals surface area contributed by atoms with Crippen molar-refractivity contribution in [2.24, 2.45) is 0 Å². The van der Waals surface area contributed by atoms with Gasteiger partial charge in [0.25, 0.3) is 0 Å². The van der Waals surface area contributed by atoms with Crippen LogP contribution in [0.5, 0.6) is 0 Å². The summed E-state index contributed by atoms with van der Waals surface area (Å²) in [4.78, 5) is 14.1. The molecule has 0 atom stereocenters. The molecule has 0 fully saturated rings. The Kier molecular flexibility index (Phi) is 4.86. The fourth-order valence-electron chi connectivity index (χ4n) is 1.76. The molecule has 0 saturated carbocycles. The van der Waals surface area contributed by atoms with Crippen molar-refractivity contribution in [3.05, 3.63) is 41.2 Å². The first-order valence-corrected chi connectivity index (χ1v) is 6.71. The molecule has 1 heterocycles. The minimum absolute atomic E-state index is 0.219. The maximum atomic E-state index is 11.3. The van der Waals surface area contributed by atoms with E-state index in [-0.39, 0.29) is 12.7 Å². The number of hydrogen-bond donors (Lipinski definition) is 0. The molecule has 7 heteroatoms. The summed E-state index contributed by atoms with van der Waals surface area (Å²) in [6.45, 7) is 2.66. The van der Waals surface area contributed by atoms with E-state index in [0.29, 0.717) is 18.8 Å². The SMILES string of the molecule is Cc1ccccc1Cc1nnn(CCOC(=O)N(C)C)n1. The molecule has 112 valence electrons. The lowest BCUT2D eigenvalue weighted by Gasteiger charge is -2.10. The smallest absolute Gasteiger partial charge is 0.409 e. The van der Waals surface area contributed by atoms with E-state index in [0.717, 1.165) is 0 Å². The highest BCUT2D eigenvalue weighted by Gasteiger charge is 2.08. The molecule has 0 N–H and O–H groups in total. The topological polar surface area (TPSA) is 73.1 Å². The van der Waals surface area contributed by atoms with Crippen LogP contribution in [0, 0.1) is 6.92 Å². The summed E-state index contributed by atoms with van der Waals surface area (Å²) in [6.07, 6.45) is 0.264. The summed E-state index contributed by atoms with van der Waals surface area (Å²) in [7, 11) is 3.27. The highest BCUT2D eigenvalue weighted by molar-refractivity contribution is 5.66. The number of hydrogen-bond acceptors (Lipinski definition) is 5. The zero-order valence-electron chi connectivity index (χ0n) is 12.5. The number of aryl methyl sites for hydroxylation is 1. The number of amides is 1. The predicted molar refractivity (Wildman–Crippen MR) is 76.8 cm³/mol. The third-order valence-corrected chi connectivity index (χ3v) is 2.99. The van der Waals surface area contributed by atoms with E-state index in [9.17, 15) is 4.79 Å². The molecule has 0 unspecified atom stereocenters. The van der Waals surface area contributed by atoms with Gasteiger partial charge in [-0.15, -0.1) is 10.2 Å². The van der Waals surface area contributed by atoms with Crippen LogP contribution in [-0.4, -0.2) is 51.9 Å². The summed E-state index contributed by atoms with van der Waals surface area (Å²) >= 11 is 0. The zero-order valence-corrected chi connectivity index (χ0v) is 12.5. The zero-order chi connectivity index (χ0) is 15.2. The van der Waals surface area contributed by atoms with E-state index in [1.54, 1.807) is 14.1 Å². The molecule has 0 spiro atoms. The van der Waals surface area contributed by atoms with Crippen molar-refractivity contribution in [1.29, 1.82) is 0 Å². The van der Waals surface area contributed by atoms with Crippen LogP contribution in [0.4, 0.5) is 4.79 Å². The first kappa shape index (κ1) is 15.0. The predicted octanol–water partition coefficient (Wildman–Crippen LogP) is 1.27.